The summed E-state index contributed by atoms with van der Waals surface area (Å²) in [6.07, 6.45) is 1.63. The highest BCUT2D eigenvalue weighted by Crippen LogP contribution is 2.20. The van der Waals surface area contributed by atoms with Crippen LogP contribution < -0.4 is 10.5 Å². The first-order valence-corrected chi connectivity index (χ1v) is 10.6. The summed E-state index contributed by atoms with van der Waals surface area (Å²) in [5.74, 6) is 0.734. The van der Waals surface area contributed by atoms with Crippen LogP contribution in [0.2, 0.25) is 0 Å². The van der Waals surface area contributed by atoms with Crippen molar-refractivity contribution in [3.05, 3.63) is 70.3 Å². The first-order valence-electron chi connectivity index (χ1n) is 10.6. The molecule has 0 radical (unpaired) electrons. The molecule has 5 rings (SSSR count). The van der Waals surface area contributed by atoms with Crippen LogP contribution >= 0.6 is 0 Å². The van der Waals surface area contributed by atoms with Crippen molar-refractivity contribution in [2.45, 2.75) is 19.8 Å². The van der Waals surface area contributed by atoms with E-state index in [-0.39, 0.29) is 17.1 Å². The van der Waals surface area contributed by atoms with Gasteiger partial charge < -0.3 is 14.8 Å². The van der Waals surface area contributed by atoms with Crippen molar-refractivity contribution in [3.63, 3.8) is 0 Å². The number of nitrogens with zero attached hydrogens (tertiary/aromatic N) is 5. The molecule has 0 atom stereocenters. The normalized spacial score (nSPS) is 14.5. The highest BCUT2D eigenvalue weighted by molar-refractivity contribution is 5.97. The second-order valence-corrected chi connectivity index (χ2v) is 7.83. The van der Waals surface area contributed by atoms with E-state index in [9.17, 15) is 9.59 Å². The average Bonchev–Trinajstić information content (AvgIpc) is 3.24. The molecule has 3 heterocycles. The molecular formula is C23H24N6O2. The summed E-state index contributed by atoms with van der Waals surface area (Å²) < 4.78 is 1.80. The SMILES string of the molecule is CCCc1nnc2c(=O)[nH]c3cc(C(=O)N4CCN(c5ccccc5)CC4)ccc3n12. The Bertz CT molecular complexity index is 1300. The molecule has 1 aliphatic heterocycles. The Kier molecular flexibility index (Phi) is 4.89. The Morgan fingerprint density at radius 1 is 1.03 bits per heavy atom. The summed E-state index contributed by atoms with van der Waals surface area (Å²) in [5.41, 5.74) is 3.15. The molecule has 2 aromatic carbocycles. The number of aryl methyl sites for hydroxylation is 1. The van der Waals surface area contributed by atoms with Crippen LogP contribution in [0, 0.1) is 0 Å². The molecule has 0 saturated carbocycles. The third-order valence-electron chi connectivity index (χ3n) is 5.83. The zero-order valence-electron chi connectivity index (χ0n) is 17.4. The molecule has 0 unspecified atom stereocenters. The number of H-pyrrole nitrogens is 1. The Morgan fingerprint density at radius 2 is 1.81 bits per heavy atom. The standard InChI is InChI=1S/C23H24N6O2/c1-2-6-20-25-26-21-22(30)24-18-15-16(9-10-19(18)29(20)21)23(31)28-13-11-27(12-14-28)17-7-4-3-5-8-17/h3-5,7-10,15H,2,6,11-14H2,1H3,(H,24,30). The van der Waals surface area contributed by atoms with Crippen LogP contribution in [0.1, 0.15) is 29.5 Å². The van der Waals surface area contributed by atoms with Gasteiger partial charge in [0.05, 0.1) is 11.0 Å². The van der Waals surface area contributed by atoms with Crippen LogP contribution in [-0.2, 0) is 6.42 Å². The van der Waals surface area contributed by atoms with Gasteiger partial charge in [0.1, 0.15) is 5.82 Å². The first kappa shape index (κ1) is 19.3. The van der Waals surface area contributed by atoms with Crippen LogP contribution in [0.3, 0.4) is 0 Å². The van der Waals surface area contributed by atoms with Gasteiger partial charge in [0.15, 0.2) is 0 Å². The topological polar surface area (TPSA) is 86.6 Å². The molecule has 0 spiro atoms. The number of nitrogens with one attached hydrogen (secondary N) is 1. The lowest BCUT2D eigenvalue weighted by molar-refractivity contribution is 0.0747. The van der Waals surface area contributed by atoms with E-state index in [1.54, 1.807) is 10.5 Å². The predicted octanol–water partition coefficient (Wildman–Crippen LogP) is 2.49. The smallest absolute Gasteiger partial charge is 0.294 e. The fourth-order valence-corrected chi connectivity index (χ4v) is 4.23. The lowest BCUT2D eigenvalue weighted by Gasteiger charge is -2.36. The van der Waals surface area contributed by atoms with Crippen molar-refractivity contribution in [1.82, 2.24) is 24.5 Å². The van der Waals surface area contributed by atoms with E-state index in [0.29, 0.717) is 24.2 Å². The number of piperazine rings is 1. The second-order valence-electron chi connectivity index (χ2n) is 7.83. The number of carbonyl (C=O) groups excluding carboxylic acids is 1. The number of hydrogen-bond donors (Lipinski definition) is 1. The van der Waals surface area contributed by atoms with Crippen molar-refractivity contribution in [1.29, 1.82) is 0 Å². The molecule has 1 aliphatic rings. The molecule has 158 valence electrons. The van der Waals surface area contributed by atoms with Crippen molar-refractivity contribution >= 4 is 28.3 Å². The summed E-state index contributed by atoms with van der Waals surface area (Å²) in [7, 11) is 0. The Labute approximate surface area is 179 Å². The molecular weight excluding hydrogens is 392 g/mol. The zero-order valence-corrected chi connectivity index (χ0v) is 17.4. The van der Waals surface area contributed by atoms with Gasteiger partial charge in [0.25, 0.3) is 11.5 Å². The number of rotatable bonds is 4. The monoisotopic (exact) mass is 416 g/mol. The van der Waals surface area contributed by atoms with Crippen LogP contribution in [0.4, 0.5) is 5.69 Å². The number of aromatic nitrogens is 4. The van der Waals surface area contributed by atoms with E-state index in [4.69, 9.17) is 0 Å². The van der Waals surface area contributed by atoms with Gasteiger partial charge in [-0.25, -0.2) is 0 Å². The zero-order chi connectivity index (χ0) is 21.4. The van der Waals surface area contributed by atoms with Crippen molar-refractivity contribution < 1.29 is 4.79 Å². The lowest BCUT2D eigenvalue weighted by atomic mass is 10.1. The molecule has 1 saturated heterocycles. The van der Waals surface area contributed by atoms with E-state index in [2.05, 4.69) is 39.1 Å². The number of aromatic amines is 1. The van der Waals surface area contributed by atoms with E-state index in [0.717, 1.165) is 37.3 Å². The highest BCUT2D eigenvalue weighted by Gasteiger charge is 2.23. The Hall–Kier alpha value is -3.68. The van der Waals surface area contributed by atoms with E-state index >= 15 is 0 Å². The third kappa shape index (κ3) is 3.43. The molecule has 8 nitrogen and oxygen atoms in total. The number of para-hydroxylation sites is 1. The summed E-state index contributed by atoms with van der Waals surface area (Å²) >= 11 is 0. The minimum Gasteiger partial charge on any atom is -0.368 e. The van der Waals surface area contributed by atoms with E-state index in [1.165, 1.54) is 5.69 Å². The molecule has 4 aromatic rings. The van der Waals surface area contributed by atoms with Gasteiger partial charge in [-0.05, 0) is 36.8 Å². The minimum atomic E-state index is -0.302. The molecule has 8 heteroatoms. The van der Waals surface area contributed by atoms with E-state index in [1.807, 2.05) is 35.2 Å². The van der Waals surface area contributed by atoms with Crippen LogP contribution in [0.15, 0.2) is 53.3 Å². The molecule has 1 N–H and O–H groups in total. The second kappa shape index (κ2) is 7.86. The van der Waals surface area contributed by atoms with Gasteiger partial charge >= 0.3 is 0 Å². The van der Waals surface area contributed by atoms with Gasteiger partial charge in [-0.3, -0.25) is 14.0 Å². The Balaban J connectivity index is 1.41. The number of anilines is 1. The van der Waals surface area contributed by atoms with Crippen molar-refractivity contribution in [2.75, 3.05) is 31.1 Å². The van der Waals surface area contributed by atoms with E-state index < -0.39 is 0 Å². The first-order chi connectivity index (χ1) is 15.2. The Morgan fingerprint density at radius 3 is 2.55 bits per heavy atom. The predicted molar refractivity (Wildman–Crippen MR) is 120 cm³/mol. The molecule has 2 aromatic heterocycles. The summed E-state index contributed by atoms with van der Waals surface area (Å²) in [5, 5.41) is 8.21. The van der Waals surface area contributed by atoms with Crippen LogP contribution in [-0.4, -0.2) is 56.6 Å². The fourth-order valence-electron chi connectivity index (χ4n) is 4.23. The maximum atomic E-state index is 13.1. The van der Waals surface area contributed by atoms with Gasteiger partial charge in [0.2, 0.25) is 5.65 Å². The van der Waals surface area contributed by atoms with Crippen molar-refractivity contribution in [3.8, 4) is 0 Å². The van der Waals surface area contributed by atoms with Gasteiger partial charge in [-0.1, -0.05) is 25.1 Å². The number of carbonyl (C=O) groups is 1. The van der Waals surface area contributed by atoms with Crippen molar-refractivity contribution in [2.24, 2.45) is 0 Å². The highest BCUT2D eigenvalue weighted by atomic mass is 16.2. The maximum Gasteiger partial charge on any atom is 0.294 e. The molecule has 31 heavy (non-hydrogen) atoms. The number of amides is 1. The summed E-state index contributed by atoms with van der Waals surface area (Å²) in [6, 6.07) is 15.7. The van der Waals surface area contributed by atoms with Gasteiger partial charge in [-0.15, -0.1) is 10.2 Å². The van der Waals surface area contributed by atoms with Gasteiger partial charge in [0, 0.05) is 43.9 Å². The summed E-state index contributed by atoms with van der Waals surface area (Å²) in [6.45, 7) is 4.97. The quantitative estimate of drug-likeness (QED) is 0.552. The number of fused-ring (bicyclic) bond motifs is 3. The minimum absolute atomic E-state index is 0.0203. The van der Waals surface area contributed by atoms with Crippen LogP contribution in [0.5, 0.6) is 0 Å². The average molecular weight is 416 g/mol. The molecule has 1 fully saturated rings. The third-order valence-corrected chi connectivity index (χ3v) is 5.83. The fraction of sp³-hybridized carbons (Fsp3) is 0.304. The maximum absolute atomic E-state index is 13.1. The number of hydrogen-bond acceptors (Lipinski definition) is 5. The molecule has 0 bridgehead atoms. The lowest BCUT2D eigenvalue weighted by Crippen LogP contribution is -2.48. The summed E-state index contributed by atoms with van der Waals surface area (Å²) in [4.78, 5) is 32.6. The number of benzene rings is 2. The van der Waals surface area contributed by atoms with Crippen LogP contribution in [0.25, 0.3) is 16.7 Å². The molecule has 0 aliphatic carbocycles. The molecule has 1 amide bonds. The largest absolute Gasteiger partial charge is 0.368 e. The van der Waals surface area contributed by atoms with Gasteiger partial charge in [-0.2, -0.15) is 0 Å².